The van der Waals surface area contributed by atoms with Crippen LogP contribution in [0.3, 0.4) is 0 Å². The van der Waals surface area contributed by atoms with Crippen LogP contribution in [0.1, 0.15) is 24.1 Å². The first-order valence-electron chi connectivity index (χ1n) is 9.01. The molecule has 5 nitrogen and oxygen atoms in total. The van der Waals surface area contributed by atoms with E-state index >= 15 is 0 Å². The minimum atomic E-state index is -0.667. The average Bonchev–Trinajstić information content (AvgIpc) is 3.03. The zero-order valence-corrected chi connectivity index (χ0v) is 18.4. The van der Waals surface area contributed by atoms with Gasteiger partial charge in [-0.25, -0.2) is 9.79 Å². The molecule has 0 fully saturated rings. The number of esters is 1. The van der Waals surface area contributed by atoms with Crippen molar-refractivity contribution in [1.29, 1.82) is 0 Å². The molecule has 0 amide bonds. The summed E-state index contributed by atoms with van der Waals surface area (Å²) in [5.41, 5.74) is 2.03. The molecular formula is C22H16Cl2N2O3S. The van der Waals surface area contributed by atoms with E-state index < -0.39 is 12.0 Å². The highest BCUT2D eigenvalue weighted by molar-refractivity contribution is 7.07. The van der Waals surface area contributed by atoms with E-state index in [0.717, 1.165) is 11.1 Å². The number of carbonyl (C=O) groups excluding carboxylic acids is 1. The van der Waals surface area contributed by atoms with Gasteiger partial charge in [-0.05, 0) is 42.3 Å². The Labute approximate surface area is 186 Å². The Hall–Kier alpha value is -2.67. The van der Waals surface area contributed by atoms with Crippen molar-refractivity contribution in [2.24, 2.45) is 4.99 Å². The molecule has 3 aromatic rings. The molecule has 0 unspecified atom stereocenters. The summed E-state index contributed by atoms with van der Waals surface area (Å²) in [6, 6.07) is 13.6. The molecule has 1 aromatic heterocycles. The number of rotatable bonds is 3. The van der Waals surface area contributed by atoms with E-state index in [4.69, 9.17) is 27.9 Å². The van der Waals surface area contributed by atoms with Crippen LogP contribution in [0.25, 0.3) is 6.08 Å². The minimum Gasteiger partial charge on any atom is -0.466 e. The number of methoxy groups -OCH3 is 1. The molecular weight excluding hydrogens is 443 g/mol. The molecule has 2 aromatic carbocycles. The van der Waals surface area contributed by atoms with E-state index in [1.807, 2.05) is 18.2 Å². The monoisotopic (exact) mass is 458 g/mol. The second kappa shape index (κ2) is 8.22. The lowest BCUT2D eigenvalue weighted by Gasteiger charge is -2.24. The lowest BCUT2D eigenvalue weighted by Crippen LogP contribution is -2.39. The molecule has 0 bridgehead atoms. The van der Waals surface area contributed by atoms with Gasteiger partial charge in [0.25, 0.3) is 5.56 Å². The summed E-state index contributed by atoms with van der Waals surface area (Å²) in [6.07, 6.45) is 1.74. The fourth-order valence-electron chi connectivity index (χ4n) is 3.39. The lowest BCUT2D eigenvalue weighted by molar-refractivity contribution is -0.136. The molecule has 152 valence electrons. The van der Waals surface area contributed by atoms with Gasteiger partial charge in [-0.15, -0.1) is 0 Å². The Morgan fingerprint density at radius 1 is 1.17 bits per heavy atom. The molecule has 1 atom stereocenters. The molecule has 0 spiro atoms. The number of hydrogen-bond donors (Lipinski definition) is 0. The molecule has 0 saturated carbocycles. The van der Waals surface area contributed by atoms with Crippen molar-refractivity contribution in [3.05, 3.63) is 101 Å². The summed E-state index contributed by atoms with van der Waals surface area (Å²) in [5, 5.41) is 1.11. The van der Waals surface area contributed by atoms with Crippen LogP contribution in [0.15, 0.2) is 69.6 Å². The summed E-state index contributed by atoms with van der Waals surface area (Å²) in [5.74, 6) is -0.531. The normalized spacial score (nSPS) is 16.3. The molecule has 0 radical (unpaired) electrons. The van der Waals surface area contributed by atoms with Crippen molar-refractivity contribution in [3.63, 3.8) is 0 Å². The van der Waals surface area contributed by atoms with Gasteiger partial charge >= 0.3 is 5.97 Å². The van der Waals surface area contributed by atoms with Gasteiger partial charge in [0.05, 0.1) is 29.0 Å². The average molecular weight is 459 g/mol. The number of thiazole rings is 1. The molecule has 0 saturated heterocycles. The summed E-state index contributed by atoms with van der Waals surface area (Å²) < 4.78 is 6.98. The fraction of sp³-hybridized carbons (Fsp3) is 0.136. The van der Waals surface area contributed by atoms with Gasteiger partial charge in [0.15, 0.2) is 4.80 Å². The van der Waals surface area contributed by atoms with Crippen LogP contribution >= 0.6 is 34.5 Å². The Kier molecular flexibility index (Phi) is 5.64. The van der Waals surface area contributed by atoms with E-state index in [0.29, 0.717) is 30.6 Å². The highest BCUT2D eigenvalue weighted by atomic mass is 35.5. The molecule has 2 heterocycles. The van der Waals surface area contributed by atoms with Crippen LogP contribution in [0.5, 0.6) is 0 Å². The van der Waals surface area contributed by atoms with Crippen LogP contribution in [0.2, 0.25) is 10.0 Å². The first-order chi connectivity index (χ1) is 14.4. The van der Waals surface area contributed by atoms with Gasteiger partial charge in [0, 0.05) is 10.0 Å². The van der Waals surface area contributed by atoms with Crippen LogP contribution in [0.4, 0.5) is 0 Å². The number of halogens is 2. The van der Waals surface area contributed by atoms with Crippen molar-refractivity contribution in [2.45, 2.75) is 13.0 Å². The van der Waals surface area contributed by atoms with Crippen molar-refractivity contribution >= 4 is 46.6 Å². The van der Waals surface area contributed by atoms with Crippen molar-refractivity contribution in [3.8, 4) is 0 Å². The maximum Gasteiger partial charge on any atom is 0.338 e. The molecule has 1 aliphatic rings. The molecule has 30 heavy (non-hydrogen) atoms. The maximum atomic E-state index is 13.4. The quantitative estimate of drug-likeness (QED) is 0.561. The topological polar surface area (TPSA) is 60.7 Å². The van der Waals surface area contributed by atoms with E-state index in [1.165, 1.54) is 23.0 Å². The van der Waals surface area contributed by atoms with Crippen molar-refractivity contribution < 1.29 is 9.53 Å². The first-order valence-corrected chi connectivity index (χ1v) is 10.6. The van der Waals surface area contributed by atoms with Crippen LogP contribution in [-0.2, 0) is 9.53 Å². The molecule has 8 heteroatoms. The number of allylic oxidation sites excluding steroid dienone is 1. The Morgan fingerprint density at radius 3 is 2.53 bits per heavy atom. The predicted molar refractivity (Wildman–Crippen MR) is 119 cm³/mol. The van der Waals surface area contributed by atoms with Crippen molar-refractivity contribution in [1.82, 2.24) is 4.57 Å². The first kappa shape index (κ1) is 20.6. The van der Waals surface area contributed by atoms with Crippen LogP contribution < -0.4 is 14.9 Å². The third kappa shape index (κ3) is 3.62. The van der Waals surface area contributed by atoms with Gasteiger partial charge in [-0.2, -0.15) is 0 Å². The molecule has 0 aliphatic carbocycles. The standard InChI is InChI=1S/C22H16Cl2N2O3S/c1-12-18(21(28)29-2)19(13-7-9-15(23)10-8-13)26-20(27)17(30-22(26)25-12)11-14-5-3-4-6-16(14)24/h3-11,19H,1-2H3/b17-11-/t19-/m0/s1. The second-order valence-corrected chi connectivity index (χ2v) is 8.50. The highest BCUT2D eigenvalue weighted by Gasteiger charge is 2.33. The lowest BCUT2D eigenvalue weighted by atomic mass is 9.96. The Bertz CT molecular complexity index is 1350. The van der Waals surface area contributed by atoms with Gasteiger partial charge < -0.3 is 4.74 Å². The molecule has 1 aliphatic heterocycles. The largest absolute Gasteiger partial charge is 0.466 e. The van der Waals surface area contributed by atoms with E-state index in [2.05, 4.69) is 4.99 Å². The number of ether oxygens (including phenoxy) is 1. The van der Waals surface area contributed by atoms with Crippen LogP contribution in [-0.4, -0.2) is 17.6 Å². The second-order valence-electron chi connectivity index (χ2n) is 6.65. The van der Waals surface area contributed by atoms with Gasteiger partial charge in [0.2, 0.25) is 0 Å². The third-order valence-electron chi connectivity index (χ3n) is 4.80. The molecule has 4 rings (SSSR count). The van der Waals surface area contributed by atoms with Gasteiger partial charge in [-0.3, -0.25) is 9.36 Å². The number of carbonyl (C=O) groups is 1. The maximum absolute atomic E-state index is 13.4. The summed E-state index contributed by atoms with van der Waals surface area (Å²) in [7, 11) is 1.31. The molecule has 0 N–H and O–H groups in total. The number of nitrogens with zero attached hydrogens (tertiary/aromatic N) is 2. The third-order valence-corrected chi connectivity index (χ3v) is 6.38. The number of fused-ring (bicyclic) bond motifs is 1. The van der Waals surface area contributed by atoms with E-state index in [9.17, 15) is 9.59 Å². The van der Waals surface area contributed by atoms with Crippen molar-refractivity contribution in [2.75, 3.05) is 7.11 Å². The highest BCUT2D eigenvalue weighted by Crippen LogP contribution is 2.31. The number of benzene rings is 2. The zero-order chi connectivity index (χ0) is 21.4. The smallest absolute Gasteiger partial charge is 0.338 e. The Morgan fingerprint density at radius 2 is 1.87 bits per heavy atom. The summed E-state index contributed by atoms with van der Waals surface area (Å²) in [6.45, 7) is 1.74. The fourth-order valence-corrected chi connectivity index (χ4v) is 4.74. The van der Waals surface area contributed by atoms with Gasteiger partial charge in [-0.1, -0.05) is 64.9 Å². The zero-order valence-electron chi connectivity index (χ0n) is 16.1. The number of hydrogen-bond acceptors (Lipinski definition) is 5. The summed E-state index contributed by atoms with van der Waals surface area (Å²) >= 11 is 13.5. The van der Waals surface area contributed by atoms with Gasteiger partial charge in [0.1, 0.15) is 0 Å². The number of aromatic nitrogens is 1. The predicted octanol–water partition coefficient (Wildman–Crippen LogP) is 3.72. The summed E-state index contributed by atoms with van der Waals surface area (Å²) in [4.78, 5) is 31.0. The minimum absolute atomic E-state index is 0.257. The Balaban J connectivity index is 1.99. The van der Waals surface area contributed by atoms with E-state index in [-0.39, 0.29) is 5.56 Å². The SMILES string of the molecule is COC(=O)C1=C(C)N=c2s/c(=C\c3ccccc3Cl)c(=O)n2[C@H]1c1ccc(Cl)cc1. The van der Waals surface area contributed by atoms with Crippen LogP contribution in [0, 0.1) is 0 Å². The van der Waals surface area contributed by atoms with E-state index in [1.54, 1.807) is 43.3 Å².